The second kappa shape index (κ2) is 6.50. The second-order valence-electron chi connectivity index (χ2n) is 6.18. The van der Waals surface area contributed by atoms with E-state index in [0.717, 1.165) is 17.6 Å². The Balaban J connectivity index is 1.91. The summed E-state index contributed by atoms with van der Waals surface area (Å²) in [4.78, 5) is 39.5. The van der Waals surface area contributed by atoms with E-state index in [1.807, 2.05) is 20.8 Å². The first-order chi connectivity index (χ1) is 10.4. The Bertz CT molecular complexity index is 521. The fourth-order valence-electron chi connectivity index (χ4n) is 2.97. The third-order valence-electron chi connectivity index (χ3n) is 4.86. The molecule has 0 saturated carbocycles. The van der Waals surface area contributed by atoms with Gasteiger partial charge in [0.05, 0.1) is 12.0 Å². The largest absolute Gasteiger partial charge is 0.359 e. The molecule has 0 bridgehead atoms. The molecule has 0 spiro atoms. The van der Waals surface area contributed by atoms with Crippen LogP contribution >= 0.6 is 0 Å². The Morgan fingerprint density at radius 3 is 2.41 bits per heavy atom. The zero-order valence-corrected chi connectivity index (χ0v) is 13.8. The van der Waals surface area contributed by atoms with Crippen LogP contribution in [0, 0.1) is 5.92 Å². The summed E-state index contributed by atoms with van der Waals surface area (Å²) >= 11 is 0. The van der Waals surface area contributed by atoms with Crippen molar-refractivity contribution in [3.8, 4) is 0 Å². The van der Waals surface area contributed by atoms with Gasteiger partial charge in [-0.2, -0.15) is 0 Å². The Morgan fingerprint density at radius 1 is 1.23 bits per heavy atom. The third kappa shape index (κ3) is 3.00. The van der Waals surface area contributed by atoms with E-state index in [0.29, 0.717) is 19.6 Å². The summed E-state index contributed by atoms with van der Waals surface area (Å²) in [6.45, 7) is 7.47. The maximum absolute atomic E-state index is 12.3. The van der Waals surface area contributed by atoms with Gasteiger partial charge in [-0.3, -0.25) is 14.4 Å². The van der Waals surface area contributed by atoms with Gasteiger partial charge in [-0.1, -0.05) is 12.5 Å². The van der Waals surface area contributed by atoms with Crippen LogP contribution in [0.25, 0.3) is 0 Å². The lowest BCUT2D eigenvalue weighted by atomic mass is 10.0. The van der Waals surface area contributed by atoms with Gasteiger partial charge in [0, 0.05) is 38.7 Å². The maximum atomic E-state index is 12.3. The Kier molecular flexibility index (Phi) is 4.88. The minimum atomic E-state index is -0.258. The summed E-state index contributed by atoms with van der Waals surface area (Å²) < 4.78 is 0. The van der Waals surface area contributed by atoms with Crippen LogP contribution in [0.1, 0.15) is 33.6 Å². The highest BCUT2D eigenvalue weighted by Crippen LogP contribution is 2.26. The number of rotatable bonds is 4. The zero-order valence-electron chi connectivity index (χ0n) is 13.8. The van der Waals surface area contributed by atoms with Gasteiger partial charge in [-0.05, 0) is 20.3 Å². The van der Waals surface area contributed by atoms with E-state index in [1.54, 1.807) is 16.8 Å². The number of amides is 3. The zero-order chi connectivity index (χ0) is 16.4. The lowest BCUT2D eigenvalue weighted by molar-refractivity contribution is -0.141. The van der Waals surface area contributed by atoms with Crippen LogP contribution in [-0.4, -0.2) is 60.2 Å². The number of likely N-dealkylation sites (tertiary alicyclic amines) is 2. The molecule has 0 aromatic heterocycles. The quantitative estimate of drug-likeness (QED) is 0.771. The van der Waals surface area contributed by atoms with Gasteiger partial charge < -0.3 is 15.1 Å². The van der Waals surface area contributed by atoms with E-state index >= 15 is 0 Å². The van der Waals surface area contributed by atoms with Crippen LogP contribution in [0.3, 0.4) is 0 Å². The molecule has 2 aliphatic rings. The average Bonchev–Trinajstić information content (AvgIpc) is 2.85. The molecule has 0 aromatic rings. The summed E-state index contributed by atoms with van der Waals surface area (Å²) in [6.07, 6.45) is 1.14. The molecule has 1 atom stereocenters. The smallest absolute Gasteiger partial charge is 0.249 e. The van der Waals surface area contributed by atoms with Crippen molar-refractivity contribution in [2.24, 2.45) is 5.92 Å². The van der Waals surface area contributed by atoms with E-state index in [9.17, 15) is 14.4 Å². The van der Waals surface area contributed by atoms with Gasteiger partial charge in [-0.15, -0.1) is 0 Å². The molecule has 1 unspecified atom stereocenters. The summed E-state index contributed by atoms with van der Waals surface area (Å²) in [5, 5.41) is 2.60. The van der Waals surface area contributed by atoms with Crippen LogP contribution < -0.4 is 5.32 Å². The molecule has 1 N–H and O–H groups in total. The van der Waals surface area contributed by atoms with Crippen LogP contribution in [0.2, 0.25) is 0 Å². The number of nitrogens with zero attached hydrogens (tertiary/aromatic N) is 2. The summed E-state index contributed by atoms with van der Waals surface area (Å²) in [7, 11) is 1.59. The fourth-order valence-corrected chi connectivity index (χ4v) is 2.97. The minimum Gasteiger partial charge on any atom is -0.359 e. The summed E-state index contributed by atoms with van der Waals surface area (Å²) in [6, 6.07) is 0.0563. The first-order valence-corrected chi connectivity index (χ1v) is 7.85. The van der Waals surface area contributed by atoms with Crippen molar-refractivity contribution in [1.29, 1.82) is 0 Å². The van der Waals surface area contributed by atoms with E-state index in [2.05, 4.69) is 5.32 Å². The molecule has 122 valence electrons. The monoisotopic (exact) mass is 307 g/mol. The van der Waals surface area contributed by atoms with Crippen LogP contribution in [-0.2, 0) is 14.4 Å². The standard InChI is InChI=1S/C16H25N3O3/c1-5-10(2)11(3)16(22)18-8-13(9-18)19-7-12(6-14(19)20)15(21)17-4/h12-13H,5-9H2,1-4H3,(H,17,21)/b11-10+. The lowest BCUT2D eigenvalue weighted by Crippen LogP contribution is -2.61. The number of carbonyl (C=O) groups is 3. The highest BCUT2D eigenvalue weighted by molar-refractivity contribution is 5.94. The normalized spacial score (nSPS) is 23.3. The fraction of sp³-hybridized carbons (Fsp3) is 0.688. The molecule has 22 heavy (non-hydrogen) atoms. The van der Waals surface area contributed by atoms with Crippen LogP contribution in [0.5, 0.6) is 0 Å². The Morgan fingerprint density at radius 2 is 1.86 bits per heavy atom. The molecular formula is C16H25N3O3. The first-order valence-electron chi connectivity index (χ1n) is 7.85. The molecule has 3 amide bonds. The van der Waals surface area contributed by atoms with E-state index < -0.39 is 0 Å². The number of hydrogen-bond acceptors (Lipinski definition) is 3. The van der Waals surface area contributed by atoms with E-state index in [4.69, 9.17) is 0 Å². The molecule has 2 rings (SSSR count). The number of hydrogen-bond donors (Lipinski definition) is 1. The number of nitrogens with one attached hydrogen (secondary N) is 1. The summed E-state index contributed by atoms with van der Waals surface area (Å²) in [5.41, 5.74) is 1.90. The van der Waals surface area contributed by atoms with Crippen molar-refractivity contribution in [1.82, 2.24) is 15.1 Å². The SMILES string of the molecule is CC/C(C)=C(\C)C(=O)N1CC(N2CC(C(=O)NC)CC2=O)C1. The predicted octanol–water partition coefficient (Wildman–Crippen LogP) is 0.538. The molecule has 0 aromatic carbocycles. The maximum Gasteiger partial charge on any atom is 0.249 e. The van der Waals surface area contributed by atoms with Crippen molar-refractivity contribution in [3.05, 3.63) is 11.1 Å². The molecule has 2 aliphatic heterocycles. The molecule has 2 saturated heterocycles. The lowest BCUT2D eigenvalue weighted by Gasteiger charge is -2.44. The molecular weight excluding hydrogens is 282 g/mol. The average molecular weight is 307 g/mol. The highest BCUT2D eigenvalue weighted by Gasteiger charge is 2.43. The van der Waals surface area contributed by atoms with Crippen molar-refractivity contribution >= 4 is 17.7 Å². The van der Waals surface area contributed by atoms with Gasteiger partial charge in [0.1, 0.15) is 0 Å². The van der Waals surface area contributed by atoms with Crippen molar-refractivity contribution in [3.63, 3.8) is 0 Å². The van der Waals surface area contributed by atoms with Gasteiger partial charge in [-0.25, -0.2) is 0 Å². The molecule has 0 aliphatic carbocycles. The first kappa shape index (κ1) is 16.5. The third-order valence-corrected chi connectivity index (χ3v) is 4.86. The van der Waals surface area contributed by atoms with Crippen LogP contribution in [0.4, 0.5) is 0 Å². The van der Waals surface area contributed by atoms with Crippen molar-refractivity contribution < 1.29 is 14.4 Å². The second-order valence-corrected chi connectivity index (χ2v) is 6.18. The molecule has 2 fully saturated rings. The molecule has 6 nitrogen and oxygen atoms in total. The van der Waals surface area contributed by atoms with Gasteiger partial charge in [0.2, 0.25) is 17.7 Å². The molecule has 6 heteroatoms. The summed E-state index contributed by atoms with van der Waals surface area (Å²) in [5.74, 6) is -0.264. The highest BCUT2D eigenvalue weighted by atomic mass is 16.2. The van der Waals surface area contributed by atoms with Gasteiger partial charge in [0.25, 0.3) is 0 Å². The predicted molar refractivity (Wildman–Crippen MR) is 82.9 cm³/mol. The minimum absolute atomic E-state index is 0.0164. The van der Waals surface area contributed by atoms with E-state index in [1.165, 1.54) is 0 Å². The Hall–Kier alpha value is -1.85. The van der Waals surface area contributed by atoms with Gasteiger partial charge in [0.15, 0.2) is 0 Å². The number of allylic oxidation sites excluding steroid dienone is 1. The van der Waals surface area contributed by atoms with E-state index in [-0.39, 0.29) is 36.1 Å². The van der Waals surface area contributed by atoms with Crippen molar-refractivity contribution in [2.45, 2.75) is 39.7 Å². The molecule has 2 heterocycles. The Labute approximate surface area is 131 Å². The van der Waals surface area contributed by atoms with Crippen molar-refractivity contribution in [2.75, 3.05) is 26.7 Å². The molecule has 0 radical (unpaired) electrons. The van der Waals surface area contributed by atoms with Gasteiger partial charge >= 0.3 is 0 Å². The number of carbonyl (C=O) groups excluding carboxylic acids is 3. The topological polar surface area (TPSA) is 69.7 Å². The van der Waals surface area contributed by atoms with Crippen LogP contribution in [0.15, 0.2) is 11.1 Å².